The Balaban J connectivity index is 2.16. The summed E-state index contributed by atoms with van der Waals surface area (Å²) >= 11 is 6.12. The second kappa shape index (κ2) is 6.82. The zero-order valence-electron chi connectivity index (χ0n) is 12.2. The largest absolute Gasteiger partial charge is 0.472 e. The predicted octanol–water partition coefficient (Wildman–Crippen LogP) is 4.07. The number of hydrogen-bond acceptors (Lipinski definition) is 3. The molecule has 20 heavy (non-hydrogen) atoms. The molecule has 2 aromatic rings. The highest BCUT2D eigenvalue weighted by molar-refractivity contribution is 6.30. The van der Waals surface area contributed by atoms with Gasteiger partial charge in [-0.3, -0.25) is 0 Å². The number of nitrogens with zero attached hydrogens (tertiary/aromatic N) is 1. The van der Waals surface area contributed by atoms with Crippen LogP contribution in [-0.2, 0) is 13.1 Å². The molecule has 0 aliphatic heterocycles. The molecule has 0 amide bonds. The van der Waals surface area contributed by atoms with Gasteiger partial charge in [-0.05, 0) is 29.8 Å². The Kier molecular flexibility index (Phi) is 5.10. The molecular formula is C16H21ClN2O. The molecule has 0 radical (unpaired) electrons. The summed E-state index contributed by atoms with van der Waals surface area (Å²) in [5.41, 5.74) is 3.55. The van der Waals surface area contributed by atoms with E-state index in [0.29, 0.717) is 6.04 Å². The number of hydrogen-bond donors (Lipinski definition) is 1. The van der Waals surface area contributed by atoms with Crippen LogP contribution in [0.5, 0.6) is 0 Å². The van der Waals surface area contributed by atoms with Crippen LogP contribution in [0.1, 0.15) is 25.0 Å². The van der Waals surface area contributed by atoms with Gasteiger partial charge in [-0.15, -0.1) is 0 Å². The molecule has 0 saturated carbocycles. The second-order valence-electron chi connectivity index (χ2n) is 5.30. The van der Waals surface area contributed by atoms with Gasteiger partial charge in [-0.25, -0.2) is 0 Å². The van der Waals surface area contributed by atoms with Crippen molar-refractivity contribution >= 4 is 17.3 Å². The van der Waals surface area contributed by atoms with Crippen molar-refractivity contribution in [3.8, 4) is 0 Å². The minimum Gasteiger partial charge on any atom is -0.472 e. The molecule has 1 heterocycles. The molecule has 1 aromatic heterocycles. The molecule has 108 valence electrons. The fourth-order valence-electron chi connectivity index (χ4n) is 2.12. The molecular weight excluding hydrogens is 272 g/mol. The lowest BCUT2D eigenvalue weighted by Gasteiger charge is -2.23. The summed E-state index contributed by atoms with van der Waals surface area (Å²) in [7, 11) is 2.08. The van der Waals surface area contributed by atoms with Crippen molar-refractivity contribution in [2.24, 2.45) is 0 Å². The molecule has 0 fully saturated rings. The van der Waals surface area contributed by atoms with Gasteiger partial charge in [-0.1, -0.05) is 25.4 Å². The highest BCUT2D eigenvalue weighted by Gasteiger charge is 2.10. The first kappa shape index (κ1) is 14.9. The highest BCUT2D eigenvalue weighted by atomic mass is 35.5. The molecule has 0 aliphatic rings. The van der Waals surface area contributed by atoms with Gasteiger partial charge in [0.15, 0.2) is 0 Å². The molecule has 0 spiro atoms. The van der Waals surface area contributed by atoms with Crippen LogP contribution in [0.15, 0.2) is 41.2 Å². The normalized spacial score (nSPS) is 11.1. The third-order valence-corrected chi connectivity index (χ3v) is 3.39. The fraction of sp³-hybridized carbons (Fsp3) is 0.375. The van der Waals surface area contributed by atoms with E-state index in [0.717, 1.165) is 23.7 Å². The molecule has 0 aliphatic carbocycles. The van der Waals surface area contributed by atoms with E-state index in [2.05, 4.69) is 37.2 Å². The van der Waals surface area contributed by atoms with Crippen LogP contribution >= 0.6 is 11.6 Å². The summed E-state index contributed by atoms with van der Waals surface area (Å²) in [4.78, 5) is 2.21. The first-order chi connectivity index (χ1) is 9.56. The van der Waals surface area contributed by atoms with Crippen molar-refractivity contribution in [2.45, 2.75) is 33.0 Å². The van der Waals surface area contributed by atoms with Gasteiger partial charge < -0.3 is 14.6 Å². The average molecular weight is 293 g/mol. The fourth-order valence-corrected chi connectivity index (χ4v) is 2.32. The van der Waals surface area contributed by atoms with Gasteiger partial charge in [0, 0.05) is 42.5 Å². The quantitative estimate of drug-likeness (QED) is 0.870. The van der Waals surface area contributed by atoms with Crippen LogP contribution in [0, 0.1) is 0 Å². The SMILES string of the molecule is CC(C)NCc1cc(Cl)ccc1N(C)Cc1ccoc1. The number of furan rings is 1. The lowest BCUT2D eigenvalue weighted by Crippen LogP contribution is -2.24. The molecule has 2 rings (SSSR count). The number of anilines is 1. The van der Waals surface area contributed by atoms with E-state index in [1.807, 2.05) is 18.2 Å². The van der Waals surface area contributed by atoms with Crippen LogP contribution in [0.25, 0.3) is 0 Å². The molecule has 0 atom stereocenters. The summed E-state index contributed by atoms with van der Waals surface area (Å²) in [6, 6.07) is 8.46. The Labute approximate surface area is 125 Å². The summed E-state index contributed by atoms with van der Waals surface area (Å²) in [5, 5.41) is 4.21. The van der Waals surface area contributed by atoms with Gasteiger partial charge in [-0.2, -0.15) is 0 Å². The molecule has 0 bridgehead atoms. The number of halogens is 1. The van der Waals surface area contributed by atoms with Crippen LogP contribution < -0.4 is 10.2 Å². The van der Waals surface area contributed by atoms with E-state index in [4.69, 9.17) is 16.0 Å². The van der Waals surface area contributed by atoms with E-state index < -0.39 is 0 Å². The maximum atomic E-state index is 6.12. The standard InChI is InChI=1S/C16H21ClN2O/c1-12(2)18-9-14-8-15(17)4-5-16(14)19(3)10-13-6-7-20-11-13/h4-8,11-12,18H,9-10H2,1-3H3. The summed E-state index contributed by atoms with van der Waals surface area (Å²) < 4.78 is 5.12. The Morgan fingerprint density at radius 1 is 1.30 bits per heavy atom. The van der Waals surface area contributed by atoms with Crippen LogP contribution in [0.3, 0.4) is 0 Å². The number of rotatable bonds is 6. The smallest absolute Gasteiger partial charge is 0.0952 e. The summed E-state index contributed by atoms with van der Waals surface area (Å²) in [6.45, 7) is 5.90. The van der Waals surface area contributed by atoms with E-state index in [9.17, 15) is 0 Å². The number of nitrogens with one attached hydrogen (secondary N) is 1. The van der Waals surface area contributed by atoms with E-state index in [-0.39, 0.29) is 0 Å². The molecule has 4 heteroatoms. The Hall–Kier alpha value is -1.45. The van der Waals surface area contributed by atoms with Crippen LogP contribution in [0.2, 0.25) is 5.02 Å². The highest BCUT2D eigenvalue weighted by Crippen LogP contribution is 2.25. The minimum absolute atomic E-state index is 0.445. The van der Waals surface area contributed by atoms with Crippen molar-refractivity contribution < 1.29 is 4.42 Å². The number of benzene rings is 1. The Morgan fingerprint density at radius 2 is 2.10 bits per heavy atom. The Bertz CT molecular complexity index is 537. The van der Waals surface area contributed by atoms with Crippen LogP contribution in [-0.4, -0.2) is 13.1 Å². The van der Waals surface area contributed by atoms with E-state index in [1.54, 1.807) is 12.5 Å². The topological polar surface area (TPSA) is 28.4 Å². The van der Waals surface area contributed by atoms with Gasteiger partial charge in [0.05, 0.1) is 12.5 Å². The summed E-state index contributed by atoms with van der Waals surface area (Å²) in [6.07, 6.45) is 3.48. The third-order valence-electron chi connectivity index (χ3n) is 3.15. The maximum absolute atomic E-state index is 6.12. The van der Waals surface area contributed by atoms with Gasteiger partial charge in [0.25, 0.3) is 0 Å². The van der Waals surface area contributed by atoms with Crippen molar-refractivity contribution in [3.05, 3.63) is 52.9 Å². The van der Waals surface area contributed by atoms with Gasteiger partial charge >= 0.3 is 0 Å². The van der Waals surface area contributed by atoms with Gasteiger partial charge in [0.2, 0.25) is 0 Å². The molecule has 1 aromatic carbocycles. The van der Waals surface area contributed by atoms with E-state index in [1.165, 1.54) is 11.3 Å². The van der Waals surface area contributed by atoms with Crippen molar-refractivity contribution in [2.75, 3.05) is 11.9 Å². The zero-order valence-corrected chi connectivity index (χ0v) is 12.9. The maximum Gasteiger partial charge on any atom is 0.0952 e. The average Bonchev–Trinajstić information content (AvgIpc) is 2.89. The van der Waals surface area contributed by atoms with Crippen LogP contribution in [0.4, 0.5) is 5.69 Å². The molecule has 0 unspecified atom stereocenters. The second-order valence-corrected chi connectivity index (χ2v) is 5.73. The van der Waals surface area contributed by atoms with Crippen molar-refractivity contribution in [1.29, 1.82) is 0 Å². The van der Waals surface area contributed by atoms with Crippen molar-refractivity contribution in [1.82, 2.24) is 5.32 Å². The first-order valence-corrected chi connectivity index (χ1v) is 7.18. The lowest BCUT2D eigenvalue weighted by molar-refractivity contribution is 0.563. The monoisotopic (exact) mass is 292 g/mol. The lowest BCUT2D eigenvalue weighted by atomic mass is 10.1. The first-order valence-electron chi connectivity index (χ1n) is 6.80. The Morgan fingerprint density at radius 3 is 2.75 bits per heavy atom. The predicted molar refractivity (Wildman–Crippen MR) is 84.2 cm³/mol. The van der Waals surface area contributed by atoms with Gasteiger partial charge in [0.1, 0.15) is 0 Å². The summed E-state index contributed by atoms with van der Waals surface area (Å²) in [5.74, 6) is 0. The van der Waals surface area contributed by atoms with E-state index >= 15 is 0 Å². The third kappa shape index (κ3) is 4.02. The minimum atomic E-state index is 0.445. The van der Waals surface area contributed by atoms with Crippen molar-refractivity contribution in [3.63, 3.8) is 0 Å². The zero-order chi connectivity index (χ0) is 14.5. The molecule has 1 N–H and O–H groups in total. The molecule has 0 saturated heterocycles. The molecule has 3 nitrogen and oxygen atoms in total.